The predicted octanol–water partition coefficient (Wildman–Crippen LogP) is 3.17. The molecule has 2 aromatic heterocycles. The molecule has 94 valence electrons. The van der Waals surface area contributed by atoms with E-state index in [1.54, 1.807) is 0 Å². The second-order valence-electron chi connectivity index (χ2n) is 3.74. The average Bonchev–Trinajstić information content (AvgIpc) is 3.10. The number of aromatic nitrogens is 2. The van der Waals surface area contributed by atoms with E-state index in [9.17, 15) is 9.18 Å². The van der Waals surface area contributed by atoms with Crippen molar-refractivity contribution >= 4 is 17.1 Å². The second kappa shape index (κ2) is 4.74. The fourth-order valence-electron chi connectivity index (χ4n) is 1.55. The maximum Gasteiger partial charge on any atom is 0.268 e. The summed E-state index contributed by atoms with van der Waals surface area (Å²) in [6.07, 6.45) is 0. The van der Waals surface area contributed by atoms with E-state index < -0.39 is 11.6 Å². The molecule has 4 nitrogen and oxygen atoms in total. The van der Waals surface area contributed by atoms with Crippen molar-refractivity contribution in [2.75, 3.05) is 0 Å². The van der Waals surface area contributed by atoms with Crippen LogP contribution in [0.5, 0.6) is 0 Å². The van der Waals surface area contributed by atoms with E-state index in [0.29, 0.717) is 11.5 Å². The number of ketones is 1. The monoisotopic (exact) mass is 274 g/mol. The molecule has 0 N–H and O–H groups in total. The topological polar surface area (TPSA) is 56.0 Å². The van der Waals surface area contributed by atoms with Gasteiger partial charge in [-0.25, -0.2) is 4.39 Å². The Kier molecular flexibility index (Phi) is 2.92. The fraction of sp³-hybridized carbons (Fsp3) is 0. The summed E-state index contributed by atoms with van der Waals surface area (Å²) in [6.45, 7) is 0. The first-order chi connectivity index (χ1) is 9.24. The van der Waals surface area contributed by atoms with Crippen LogP contribution in [-0.2, 0) is 0 Å². The lowest BCUT2D eigenvalue weighted by Gasteiger charge is -1.94. The summed E-state index contributed by atoms with van der Waals surface area (Å²) in [5, 5.41) is 5.52. The molecule has 0 saturated heterocycles. The zero-order valence-electron chi connectivity index (χ0n) is 9.54. The van der Waals surface area contributed by atoms with Gasteiger partial charge in [0.1, 0.15) is 5.82 Å². The van der Waals surface area contributed by atoms with Gasteiger partial charge < -0.3 is 4.52 Å². The van der Waals surface area contributed by atoms with Crippen LogP contribution in [0.3, 0.4) is 0 Å². The van der Waals surface area contributed by atoms with Crippen molar-refractivity contribution in [2.24, 2.45) is 0 Å². The Hall–Kier alpha value is -2.34. The van der Waals surface area contributed by atoms with Crippen molar-refractivity contribution in [1.82, 2.24) is 10.1 Å². The third-order valence-corrected chi connectivity index (χ3v) is 3.33. The lowest BCUT2D eigenvalue weighted by Crippen LogP contribution is -2.03. The molecule has 0 fully saturated rings. The molecule has 0 unspecified atom stereocenters. The van der Waals surface area contributed by atoms with Crippen LogP contribution in [0.4, 0.5) is 4.39 Å². The van der Waals surface area contributed by atoms with Gasteiger partial charge in [0, 0.05) is 5.56 Å². The minimum Gasteiger partial charge on any atom is -0.333 e. The lowest BCUT2D eigenvalue weighted by molar-refractivity contribution is 0.102. The summed E-state index contributed by atoms with van der Waals surface area (Å²) in [5.41, 5.74) is 0.319. The van der Waals surface area contributed by atoms with Crippen LogP contribution in [-0.4, -0.2) is 15.9 Å². The number of thiophene rings is 1. The Labute approximate surface area is 111 Å². The molecule has 0 amide bonds. The average molecular weight is 274 g/mol. The summed E-state index contributed by atoms with van der Waals surface area (Å²) in [5.74, 6) is -0.522. The molecule has 0 aliphatic carbocycles. The first-order valence-corrected chi connectivity index (χ1v) is 6.30. The first kappa shape index (κ1) is 11.7. The van der Waals surface area contributed by atoms with Gasteiger partial charge in [-0.2, -0.15) is 4.98 Å². The van der Waals surface area contributed by atoms with E-state index in [2.05, 4.69) is 10.1 Å². The lowest BCUT2D eigenvalue weighted by atomic mass is 10.1. The van der Waals surface area contributed by atoms with Gasteiger partial charge in [0.05, 0.1) is 4.88 Å². The molecular formula is C13H7FN2O2S. The molecule has 0 spiro atoms. The molecule has 3 rings (SSSR count). The fourth-order valence-corrected chi connectivity index (χ4v) is 2.19. The maximum atomic E-state index is 12.8. The minimum atomic E-state index is -0.399. The Balaban J connectivity index is 1.90. The van der Waals surface area contributed by atoms with Gasteiger partial charge >= 0.3 is 0 Å². The van der Waals surface area contributed by atoms with E-state index >= 15 is 0 Å². The van der Waals surface area contributed by atoms with Crippen LogP contribution in [0.25, 0.3) is 10.8 Å². The Bertz CT molecular complexity index is 705. The van der Waals surface area contributed by atoms with Crippen LogP contribution in [0.1, 0.15) is 16.2 Å². The van der Waals surface area contributed by atoms with E-state index in [1.807, 2.05) is 17.5 Å². The van der Waals surface area contributed by atoms with Gasteiger partial charge in [0.2, 0.25) is 11.6 Å². The zero-order chi connectivity index (χ0) is 13.2. The Morgan fingerprint density at radius 2 is 2.00 bits per heavy atom. The SMILES string of the molecule is O=C(c1ccc(F)cc1)c1noc(-c2cccs2)n1. The quantitative estimate of drug-likeness (QED) is 0.688. The van der Waals surface area contributed by atoms with Crippen LogP contribution < -0.4 is 0 Å². The van der Waals surface area contributed by atoms with E-state index in [0.717, 1.165) is 4.88 Å². The smallest absolute Gasteiger partial charge is 0.268 e. The molecule has 0 aliphatic heterocycles. The number of carbonyl (C=O) groups excluding carboxylic acids is 1. The highest BCUT2D eigenvalue weighted by Gasteiger charge is 2.17. The van der Waals surface area contributed by atoms with Crippen LogP contribution in [0.15, 0.2) is 46.3 Å². The predicted molar refractivity (Wildman–Crippen MR) is 67.4 cm³/mol. The normalized spacial score (nSPS) is 10.6. The van der Waals surface area contributed by atoms with Gasteiger partial charge in [-0.05, 0) is 35.7 Å². The number of nitrogens with zero attached hydrogens (tertiary/aromatic N) is 2. The van der Waals surface area contributed by atoms with Crippen LogP contribution in [0, 0.1) is 5.82 Å². The number of hydrogen-bond donors (Lipinski definition) is 0. The molecule has 0 aliphatic rings. The number of benzene rings is 1. The maximum absolute atomic E-state index is 12.8. The summed E-state index contributed by atoms with van der Waals surface area (Å²) >= 11 is 1.44. The van der Waals surface area contributed by atoms with Crippen molar-refractivity contribution < 1.29 is 13.7 Å². The Morgan fingerprint density at radius 1 is 1.21 bits per heavy atom. The number of rotatable bonds is 3. The van der Waals surface area contributed by atoms with E-state index in [1.165, 1.54) is 35.6 Å². The van der Waals surface area contributed by atoms with Crippen molar-refractivity contribution in [3.63, 3.8) is 0 Å². The largest absolute Gasteiger partial charge is 0.333 e. The molecule has 0 radical (unpaired) electrons. The van der Waals surface area contributed by atoms with Gasteiger partial charge in [0.25, 0.3) is 5.89 Å². The minimum absolute atomic E-state index is 0.0324. The first-order valence-electron chi connectivity index (χ1n) is 5.42. The number of halogens is 1. The van der Waals surface area contributed by atoms with Crippen molar-refractivity contribution in [2.45, 2.75) is 0 Å². The standard InChI is InChI=1S/C13H7FN2O2S/c14-9-5-3-8(4-6-9)11(17)12-15-13(18-16-12)10-2-1-7-19-10/h1-7H. The molecule has 0 bridgehead atoms. The Morgan fingerprint density at radius 3 is 2.68 bits per heavy atom. The summed E-state index contributed by atoms with van der Waals surface area (Å²) < 4.78 is 17.8. The zero-order valence-corrected chi connectivity index (χ0v) is 10.4. The molecule has 1 aromatic carbocycles. The number of carbonyl (C=O) groups is 1. The van der Waals surface area contributed by atoms with Crippen molar-refractivity contribution in [3.05, 3.63) is 59.0 Å². The van der Waals surface area contributed by atoms with Crippen molar-refractivity contribution in [1.29, 1.82) is 0 Å². The second-order valence-corrected chi connectivity index (χ2v) is 4.68. The third kappa shape index (κ3) is 2.30. The molecule has 0 saturated carbocycles. The van der Waals surface area contributed by atoms with E-state index in [-0.39, 0.29) is 5.82 Å². The van der Waals surface area contributed by atoms with Crippen molar-refractivity contribution in [3.8, 4) is 10.8 Å². The molecule has 0 atom stereocenters. The highest BCUT2D eigenvalue weighted by atomic mass is 32.1. The van der Waals surface area contributed by atoms with Crippen LogP contribution in [0.2, 0.25) is 0 Å². The third-order valence-electron chi connectivity index (χ3n) is 2.47. The van der Waals surface area contributed by atoms with Gasteiger partial charge in [0.15, 0.2) is 0 Å². The van der Waals surface area contributed by atoms with Gasteiger partial charge in [-0.15, -0.1) is 11.3 Å². The van der Waals surface area contributed by atoms with E-state index in [4.69, 9.17) is 4.52 Å². The summed E-state index contributed by atoms with van der Waals surface area (Å²) in [4.78, 5) is 16.9. The van der Waals surface area contributed by atoms with Gasteiger partial charge in [-0.3, -0.25) is 4.79 Å². The molecule has 6 heteroatoms. The highest BCUT2D eigenvalue weighted by Crippen LogP contribution is 2.23. The molecule has 19 heavy (non-hydrogen) atoms. The molecular weight excluding hydrogens is 267 g/mol. The summed E-state index contributed by atoms with van der Waals surface area (Å²) in [7, 11) is 0. The molecule has 3 aromatic rings. The van der Waals surface area contributed by atoms with Gasteiger partial charge in [-0.1, -0.05) is 11.2 Å². The number of hydrogen-bond acceptors (Lipinski definition) is 5. The summed E-state index contributed by atoms with van der Waals surface area (Å²) in [6, 6.07) is 8.88. The molecule has 2 heterocycles. The highest BCUT2D eigenvalue weighted by molar-refractivity contribution is 7.13. The van der Waals surface area contributed by atoms with Crippen LogP contribution >= 0.6 is 11.3 Å².